The molecule has 0 bridgehead atoms. The molecule has 6 heteroatoms. The lowest BCUT2D eigenvalue weighted by Gasteiger charge is -2.06. The van der Waals surface area contributed by atoms with Gasteiger partial charge >= 0.3 is 5.69 Å². The lowest BCUT2D eigenvalue weighted by Crippen LogP contribution is -2.37. The lowest BCUT2D eigenvalue weighted by atomic mass is 10.1. The molecule has 0 radical (unpaired) electrons. The van der Waals surface area contributed by atoms with Gasteiger partial charge in [0.05, 0.1) is 6.33 Å². The third kappa shape index (κ3) is 3.81. The second kappa shape index (κ2) is 7.94. The second-order valence-corrected chi connectivity index (χ2v) is 6.01. The highest BCUT2D eigenvalue weighted by Gasteiger charge is 2.13. The zero-order chi connectivity index (χ0) is 16.8. The van der Waals surface area contributed by atoms with Gasteiger partial charge in [0.15, 0.2) is 11.2 Å². The molecule has 0 atom stereocenters. The maximum absolute atomic E-state index is 12.3. The Morgan fingerprint density at radius 1 is 1.04 bits per heavy atom. The SMILES string of the molecule is C=CCCCCCCCCn1cnc2c1c(=O)n(C)c(=O)n2C. The summed E-state index contributed by atoms with van der Waals surface area (Å²) in [7, 11) is 3.15. The molecule has 0 amide bonds. The van der Waals surface area contributed by atoms with Crippen LogP contribution in [0.2, 0.25) is 0 Å². The van der Waals surface area contributed by atoms with E-state index in [4.69, 9.17) is 0 Å². The largest absolute Gasteiger partial charge is 0.332 e. The summed E-state index contributed by atoms with van der Waals surface area (Å²) in [6, 6.07) is 0. The van der Waals surface area contributed by atoms with Crippen LogP contribution in [-0.2, 0) is 20.6 Å². The third-order valence-corrected chi connectivity index (χ3v) is 4.27. The van der Waals surface area contributed by atoms with Crippen LogP contribution in [0.1, 0.15) is 44.9 Å². The molecule has 0 unspecified atom stereocenters. The number of imidazole rings is 1. The minimum absolute atomic E-state index is 0.273. The summed E-state index contributed by atoms with van der Waals surface area (Å²) in [5, 5.41) is 0. The van der Waals surface area contributed by atoms with Crippen molar-refractivity contribution in [3.63, 3.8) is 0 Å². The molecule has 6 nitrogen and oxygen atoms in total. The van der Waals surface area contributed by atoms with Gasteiger partial charge in [-0.15, -0.1) is 6.58 Å². The van der Waals surface area contributed by atoms with E-state index in [0.29, 0.717) is 11.2 Å². The molecule has 0 aliphatic rings. The van der Waals surface area contributed by atoms with Gasteiger partial charge < -0.3 is 4.57 Å². The van der Waals surface area contributed by atoms with Crippen molar-refractivity contribution in [3.8, 4) is 0 Å². The highest BCUT2D eigenvalue weighted by molar-refractivity contribution is 5.69. The molecule has 2 heterocycles. The quantitative estimate of drug-likeness (QED) is 0.527. The minimum atomic E-state index is -0.340. The van der Waals surface area contributed by atoms with E-state index in [0.717, 1.165) is 30.4 Å². The molecule has 2 aromatic rings. The molecule has 0 spiro atoms. The van der Waals surface area contributed by atoms with Gasteiger partial charge in [0.25, 0.3) is 5.56 Å². The fourth-order valence-electron chi connectivity index (χ4n) is 2.84. The number of nitrogens with zero attached hydrogens (tertiary/aromatic N) is 4. The maximum Gasteiger partial charge on any atom is 0.332 e. The summed E-state index contributed by atoms with van der Waals surface area (Å²) in [4.78, 5) is 28.4. The Labute approximate surface area is 136 Å². The van der Waals surface area contributed by atoms with E-state index in [-0.39, 0.29) is 11.2 Å². The number of aromatic nitrogens is 4. The molecule has 2 aromatic heterocycles. The van der Waals surface area contributed by atoms with Crippen molar-refractivity contribution < 1.29 is 0 Å². The highest BCUT2D eigenvalue weighted by Crippen LogP contribution is 2.10. The van der Waals surface area contributed by atoms with Gasteiger partial charge in [-0.05, 0) is 19.3 Å². The van der Waals surface area contributed by atoms with Gasteiger partial charge in [-0.25, -0.2) is 9.78 Å². The van der Waals surface area contributed by atoms with Gasteiger partial charge in [-0.2, -0.15) is 0 Å². The fourth-order valence-corrected chi connectivity index (χ4v) is 2.84. The van der Waals surface area contributed by atoms with Crippen LogP contribution in [0.3, 0.4) is 0 Å². The Kier molecular flexibility index (Phi) is 5.96. The summed E-state index contributed by atoms with van der Waals surface area (Å²) in [5.74, 6) is 0. The summed E-state index contributed by atoms with van der Waals surface area (Å²) in [6.45, 7) is 4.49. The van der Waals surface area contributed by atoms with Crippen LogP contribution in [0.5, 0.6) is 0 Å². The zero-order valence-electron chi connectivity index (χ0n) is 14.1. The van der Waals surface area contributed by atoms with E-state index in [9.17, 15) is 9.59 Å². The van der Waals surface area contributed by atoms with E-state index < -0.39 is 0 Å². The Balaban J connectivity index is 1.96. The summed E-state index contributed by atoms with van der Waals surface area (Å²) in [6.07, 6.45) is 11.8. The molecule has 0 aliphatic carbocycles. The van der Waals surface area contributed by atoms with Crippen molar-refractivity contribution in [1.29, 1.82) is 0 Å². The van der Waals surface area contributed by atoms with Crippen LogP contribution in [0.15, 0.2) is 28.6 Å². The molecule has 0 aliphatic heterocycles. The molecule has 23 heavy (non-hydrogen) atoms. The standard InChI is InChI=1S/C17H26N4O2/c1-4-5-6-7-8-9-10-11-12-21-13-18-15-14(21)16(22)20(3)17(23)19(15)2/h4,13H,1,5-12H2,2-3H3. The monoisotopic (exact) mass is 318 g/mol. The number of hydrogen-bond donors (Lipinski definition) is 0. The van der Waals surface area contributed by atoms with Crippen molar-refractivity contribution in [2.24, 2.45) is 14.1 Å². The number of allylic oxidation sites excluding steroid dienone is 1. The fraction of sp³-hybridized carbons (Fsp3) is 0.588. The molecule has 0 saturated carbocycles. The van der Waals surface area contributed by atoms with Crippen LogP contribution < -0.4 is 11.2 Å². The van der Waals surface area contributed by atoms with Crippen molar-refractivity contribution in [2.45, 2.75) is 51.5 Å². The molecular formula is C17H26N4O2. The second-order valence-electron chi connectivity index (χ2n) is 6.01. The Hall–Kier alpha value is -2.11. The Bertz CT molecular complexity index is 782. The lowest BCUT2D eigenvalue weighted by molar-refractivity contribution is 0.557. The van der Waals surface area contributed by atoms with E-state index in [1.807, 2.05) is 10.6 Å². The molecule has 0 fully saturated rings. The third-order valence-electron chi connectivity index (χ3n) is 4.27. The molecule has 126 valence electrons. The van der Waals surface area contributed by atoms with E-state index in [1.165, 1.54) is 37.3 Å². The highest BCUT2D eigenvalue weighted by atomic mass is 16.2. The first kappa shape index (κ1) is 17.2. The van der Waals surface area contributed by atoms with Crippen LogP contribution in [0.25, 0.3) is 11.2 Å². The summed E-state index contributed by atoms with van der Waals surface area (Å²) in [5.41, 5.74) is 0.361. The van der Waals surface area contributed by atoms with Crippen molar-refractivity contribution in [2.75, 3.05) is 0 Å². The van der Waals surface area contributed by atoms with Gasteiger partial charge in [0.1, 0.15) is 0 Å². The predicted molar refractivity (Wildman–Crippen MR) is 92.7 cm³/mol. The van der Waals surface area contributed by atoms with E-state index in [2.05, 4.69) is 11.6 Å². The van der Waals surface area contributed by atoms with Crippen LogP contribution >= 0.6 is 0 Å². The molecule has 0 saturated heterocycles. The number of unbranched alkanes of at least 4 members (excludes halogenated alkanes) is 6. The van der Waals surface area contributed by atoms with Gasteiger partial charge in [-0.1, -0.05) is 31.8 Å². The average Bonchev–Trinajstić information content (AvgIpc) is 2.97. The summed E-state index contributed by atoms with van der Waals surface area (Å²) < 4.78 is 4.43. The topological polar surface area (TPSA) is 61.8 Å². The number of aryl methyl sites for hydroxylation is 2. The first-order valence-corrected chi connectivity index (χ1v) is 8.29. The average molecular weight is 318 g/mol. The molecule has 2 rings (SSSR count). The van der Waals surface area contributed by atoms with E-state index >= 15 is 0 Å². The van der Waals surface area contributed by atoms with Crippen molar-refractivity contribution in [3.05, 3.63) is 39.8 Å². The maximum atomic E-state index is 12.3. The first-order valence-electron chi connectivity index (χ1n) is 8.29. The van der Waals surface area contributed by atoms with Crippen LogP contribution in [0, 0.1) is 0 Å². The molecule has 0 N–H and O–H groups in total. The smallest absolute Gasteiger partial charge is 0.325 e. The molecule has 0 aromatic carbocycles. The Morgan fingerprint density at radius 2 is 1.70 bits per heavy atom. The Morgan fingerprint density at radius 3 is 2.39 bits per heavy atom. The van der Waals surface area contributed by atoms with Gasteiger partial charge in [-0.3, -0.25) is 13.9 Å². The van der Waals surface area contributed by atoms with Gasteiger partial charge in [0.2, 0.25) is 0 Å². The predicted octanol–water partition coefficient (Wildman–Crippen LogP) is 2.35. The first-order chi connectivity index (χ1) is 11.1. The minimum Gasteiger partial charge on any atom is -0.325 e. The summed E-state index contributed by atoms with van der Waals surface area (Å²) >= 11 is 0. The number of hydrogen-bond acceptors (Lipinski definition) is 3. The van der Waals surface area contributed by atoms with Crippen molar-refractivity contribution >= 4 is 11.2 Å². The van der Waals surface area contributed by atoms with E-state index in [1.54, 1.807) is 13.4 Å². The van der Waals surface area contributed by atoms with Crippen LogP contribution in [0.4, 0.5) is 0 Å². The van der Waals surface area contributed by atoms with Crippen molar-refractivity contribution in [1.82, 2.24) is 18.7 Å². The number of rotatable bonds is 9. The van der Waals surface area contributed by atoms with Crippen LogP contribution in [-0.4, -0.2) is 18.7 Å². The zero-order valence-corrected chi connectivity index (χ0v) is 14.1. The van der Waals surface area contributed by atoms with Gasteiger partial charge in [0, 0.05) is 20.6 Å². The molecular weight excluding hydrogens is 292 g/mol. The normalized spacial score (nSPS) is 11.2. The number of fused-ring (bicyclic) bond motifs is 1.